The highest BCUT2D eigenvalue weighted by atomic mass is 32.2. The van der Waals surface area contributed by atoms with Gasteiger partial charge in [0.2, 0.25) is 5.91 Å². The largest absolute Gasteiger partial charge is 0.477 e. The van der Waals surface area contributed by atoms with Gasteiger partial charge in [0, 0.05) is 11.0 Å². The monoisotopic (exact) mass is 298 g/mol. The van der Waals surface area contributed by atoms with E-state index in [1.54, 1.807) is 24.0 Å². The summed E-state index contributed by atoms with van der Waals surface area (Å²) in [6.45, 7) is 0. The summed E-state index contributed by atoms with van der Waals surface area (Å²) in [5, 5.41) is 20.1. The highest BCUT2D eigenvalue weighted by Gasteiger charge is 2.45. The highest BCUT2D eigenvalue weighted by molar-refractivity contribution is 8.03. The molecule has 9 heteroatoms. The minimum atomic E-state index is -1.05. The topological polar surface area (TPSA) is 99.2 Å². The van der Waals surface area contributed by atoms with E-state index >= 15 is 0 Å². The van der Waals surface area contributed by atoms with Gasteiger partial charge in [-0.2, -0.15) is 10.3 Å². The summed E-state index contributed by atoms with van der Waals surface area (Å²) in [4.78, 5) is 23.9. The average Bonchev–Trinajstić information content (AvgIpc) is 2.87. The maximum Gasteiger partial charge on any atom is 0.352 e. The van der Waals surface area contributed by atoms with Gasteiger partial charge >= 0.3 is 5.97 Å². The zero-order valence-corrected chi connectivity index (χ0v) is 11.3. The average molecular weight is 298 g/mol. The Morgan fingerprint density at radius 2 is 2.53 bits per heavy atom. The molecule has 3 heterocycles. The van der Waals surface area contributed by atoms with E-state index in [9.17, 15) is 9.59 Å². The number of carbonyl (C=O) groups is 2. The zero-order chi connectivity index (χ0) is 13.4. The van der Waals surface area contributed by atoms with Gasteiger partial charge < -0.3 is 5.11 Å². The molecule has 0 radical (unpaired) electrons. The van der Waals surface area contributed by atoms with E-state index in [-0.39, 0.29) is 22.2 Å². The fourth-order valence-electron chi connectivity index (χ4n) is 1.97. The molecule has 1 fully saturated rings. The van der Waals surface area contributed by atoms with Crippen LogP contribution in [-0.4, -0.2) is 53.7 Å². The lowest BCUT2D eigenvalue weighted by atomic mass is 10.1. The first-order valence-corrected chi connectivity index (χ1v) is 7.49. The Balaban J connectivity index is 1.71. The fraction of sp³-hybridized carbons (Fsp3) is 0.400. The molecular formula is C10H10N4O3S2. The van der Waals surface area contributed by atoms with Crippen LogP contribution in [0.5, 0.6) is 0 Å². The van der Waals surface area contributed by atoms with Crippen LogP contribution >= 0.6 is 23.5 Å². The summed E-state index contributed by atoms with van der Waals surface area (Å²) >= 11 is 3.12. The number of carboxylic acid groups (broad SMARTS) is 1. The van der Waals surface area contributed by atoms with Gasteiger partial charge in [-0.3, -0.25) is 9.69 Å². The molecule has 3 rings (SSSR count). The molecule has 100 valence electrons. The maximum atomic E-state index is 11.4. The number of hydrogen-bond acceptors (Lipinski definition) is 6. The number of aromatic amines is 1. The van der Waals surface area contributed by atoms with Gasteiger partial charge in [0.25, 0.3) is 0 Å². The summed E-state index contributed by atoms with van der Waals surface area (Å²) in [6.07, 6.45) is 3.69. The second-order valence-electron chi connectivity index (χ2n) is 4.07. The molecule has 1 aromatic rings. The van der Waals surface area contributed by atoms with Crippen molar-refractivity contribution in [3.8, 4) is 0 Å². The van der Waals surface area contributed by atoms with Gasteiger partial charge in [-0.1, -0.05) is 0 Å². The molecule has 2 atom stereocenters. The Morgan fingerprint density at radius 1 is 1.68 bits per heavy atom. The predicted molar refractivity (Wildman–Crippen MR) is 69.5 cm³/mol. The van der Waals surface area contributed by atoms with Crippen molar-refractivity contribution in [3.05, 3.63) is 18.0 Å². The summed E-state index contributed by atoms with van der Waals surface area (Å²) in [6, 6.07) is 0. The zero-order valence-electron chi connectivity index (χ0n) is 9.65. The van der Waals surface area contributed by atoms with Crippen molar-refractivity contribution in [2.45, 2.75) is 22.1 Å². The van der Waals surface area contributed by atoms with Crippen molar-refractivity contribution in [2.75, 3.05) is 5.75 Å². The first kappa shape index (κ1) is 12.5. The number of amides is 1. The summed E-state index contributed by atoms with van der Waals surface area (Å²) in [7, 11) is 0. The van der Waals surface area contributed by atoms with Gasteiger partial charge in [0.05, 0.1) is 18.0 Å². The minimum Gasteiger partial charge on any atom is -0.477 e. The number of aromatic nitrogens is 3. The van der Waals surface area contributed by atoms with E-state index in [1.807, 2.05) is 0 Å². The van der Waals surface area contributed by atoms with Gasteiger partial charge in [0.15, 0.2) is 0 Å². The van der Waals surface area contributed by atoms with Gasteiger partial charge in [-0.05, 0) is 6.08 Å². The Morgan fingerprint density at radius 3 is 3.16 bits per heavy atom. The van der Waals surface area contributed by atoms with Crippen LogP contribution in [0, 0.1) is 0 Å². The molecule has 2 aliphatic rings. The molecule has 0 aromatic carbocycles. The third-order valence-corrected chi connectivity index (χ3v) is 5.42. The molecule has 1 saturated heterocycles. The summed E-state index contributed by atoms with van der Waals surface area (Å²) < 4.78 is 0. The number of nitrogens with one attached hydrogen (secondary N) is 1. The van der Waals surface area contributed by atoms with Crippen LogP contribution in [0.4, 0.5) is 0 Å². The van der Waals surface area contributed by atoms with Crippen LogP contribution in [0.25, 0.3) is 0 Å². The van der Waals surface area contributed by atoms with Crippen molar-refractivity contribution in [1.82, 2.24) is 20.3 Å². The molecule has 0 saturated carbocycles. The smallest absolute Gasteiger partial charge is 0.352 e. The summed E-state index contributed by atoms with van der Waals surface area (Å²) in [5.74, 6) is -0.462. The van der Waals surface area contributed by atoms with E-state index < -0.39 is 5.97 Å². The first-order chi connectivity index (χ1) is 9.15. The third kappa shape index (κ3) is 2.35. The Kier molecular flexibility index (Phi) is 3.23. The molecule has 1 amide bonds. The molecule has 0 aliphatic carbocycles. The van der Waals surface area contributed by atoms with Crippen LogP contribution < -0.4 is 0 Å². The van der Waals surface area contributed by atoms with E-state index in [1.165, 1.54) is 16.7 Å². The number of nitrogens with zero attached hydrogens (tertiary/aromatic N) is 3. The van der Waals surface area contributed by atoms with Gasteiger partial charge in [-0.15, -0.1) is 28.6 Å². The quantitative estimate of drug-likeness (QED) is 0.618. The number of hydrogen-bond donors (Lipinski definition) is 2. The van der Waals surface area contributed by atoms with Crippen molar-refractivity contribution in [2.24, 2.45) is 0 Å². The van der Waals surface area contributed by atoms with Crippen molar-refractivity contribution < 1.29 is 14.7 Å². The molecular weight excluding hydrogens is 288 g/mol. The molecule has 0 bridgehead atoms. The van der Waals surface area contributed by atoms with Crippen LogP contribution in [0.15, 0.2) is 23.0 Å². The second-order valence-corrected chi connectivity index (χ2v) is 6.54. The van der Waals surface area contributed by atoms with Gasteiger partial charge in [-0.25, -0.2) is 4.79 Å². The number of carboxylic acids is 1. The normalized spacial score (nSPS) is 25.6. The van der Waals surface area contributed by atoms with Crippen LogP contribution in [-0.2, 0) is 9.59 Å². The molecule has 2 N–H and O–H groups in total. The number of thioether (sulfide) groups is 2. The number of aliphatic carboxylic acids is 1. The van der Waals surface area contributed by atoms with Gasteiger partial charge in [0.1, 0.15) is 10.7 Å². The number of β-lactam (4-membered cyclic amide) rings is 1. The number of H-pyrrole nitrogens is 1. The van der Waals surface area contributed by atoms with Crippen molar-refractivity contribution in [3.63, 3.8) is 0 Å². The number of carbonyl (C=O) groups excluding carboxylic acids is 1. The van der Waals surface area contributed by atoms with E-state index in [4.69, 9.17) is 5.11 Å². The SMILES string of the molecule is O=C(O)C1=CC(CSc2cn[nH]n2)S[C@@H]2CC(=O)N12. The molecule has 0 spiro atoms. The van der Waals surface area contributed by atoms with Crippen molar-refractivity contribution >= 4 is 35.4 Å². The molecule has 1 aromatic heterocycles. The molecule has 19 heavy (non-hydrogen) atoms. The molecule has 2 aliphatic heterocycles. The Hall–Kier alpha value is -1.48. The van der Waals surface area contributed by atoms with E-state index in [0.717, 1.165) is 5.03 Å². The van der Waals surface area contributed by atoms with Crippen LogP contribution in [0.1, 0.15) is 6.42 Å². The highest BCUT2D eigenvalue weighted by Crippen LogP contribution is 2.41. The predicted octanol–water partition coefficient (Wildman–Crippen LogP) is 0.539. The third-order valence-electron chi connectivity index (χ3n) is 2.85. The lowest BCUT2D eigenvalue weighted by Crippen LogP contribution is -2.54. The molecule has 1 unspecified atom stereocenters. The summed E-state index contributed by atoms with van der Waals surface area (Å²) in [5.41, 5.74) is 0.103. The number of rotatable bonds is 4. The minimum absolute atomic E-state index is 0.0356. The van der Waals surface area contributed by atoms with Crippen molar-refractivity contribution in [1.29, 1.82) is 0 Å². The fourth-order valence-corrected chi connectivity index (χ4v) is 4.36. The second kappa shape index (κ2) is 4.89. The molecule has 7 nitrogen and oxygen atoms in total. The number of fused-ring (bicyclic) bond motifs is 1. The van der Waals surface area contributed by atoms with E-state index in [0.29, 0.717) is 12.2 Å². The van der Waals surface area contributed by atoms with E-state index in [2.05, 4.69) is 15.4 Å². The van der Waals surface area contributed by atoms with Crippen LogP contribution in [0.3, 0.4) is 0 Å². The lowest BCUT2D eigenvalue weighted by Gasteiger charge is -2.44. The lowest BCUT2D eigenvalue weighted by molar-refractivity contribution is -0.146. The first-order valence-electron chi connectivity index (χ1n) is 5.56. The standard InChI is InChI=1S/C10H10N4O3S2/c15-8-2-9-14(8)6(10(16)17)1-5(19-9)4-18-7-3-11-13-12-7/h1,3,5,9H,2,4H2,(H,16,17)(H,11,12,13)/t5?,9-/m1/s1. The maximum absolute atomic E-state index is 11.4. The Labute approximate surface area is 116 Å². The van der Waals surface area contributed by atoms with Crippen LogP contribution in [0.2, 0.25) is 0 Å². The Bertz CT molecular complexity index is 545.